The highest BCUT2D eigenvalue weighted by molar-refractivity contribution is 5.41. The highest BCUT2D eigenvalue weighted by atomic mass is 14.9. The van der Waals surface area contributed by atoms with Crippen molar-refractivity contribution in [3.63, 3.8) is 0 Å². The van der Waals surface area contributed by atoms with Crippen LogP contribution in [0.1, 0.15) is 52.8 Å². The average molecular weight is 281 g/mol. The van der Waals surface area contributed by atoms with E-state index in [0.29, 0.717) is 0 Å². The van der Waals surface area contributed by atoms with Gasteiger partial charge in [0.1, 0.15) is 0 Å². The molecular weight excluding hydrogens is 254 g/mol. The first-order valence-corrected chi connectivity index (χ1v) is 7.90. The molecule has 0 saturated heterocycles. The van der Waals surface area contributed by atoms with E-state index in [1.165, 1.54) is 33.4 Å². The Hall–Kier alpha value is -1.60. The van der Waals surface area contributed by atoms with Gasteiger partial charge < -0.3 is 5.32 Å². The number of nitrogens with one attached hydrogen (secondary N) is 1. The molecule has 0 radical (unpaired) electrons. The van der Waals surface area contributed by atoms with Gasteiger partial charge in [0.15, 0.2) is 0 Å². The van der Waals surface area contributed by atoms with Gasteiger partial charge in [-0.1, -0.05) is 60.0 Å². The summed E-state index contributed by atoms with van der Waals surface area (Å²) in [5.74, 6) is 0. The van der Waals surface area contributed by atoms with Crippen molar-refractivity contribution >= 4 is 0 Å². The van der Waals surface area contributed by atoms with E-state index >= 15 is 0 Å². The number of hydrogen-bond acceptors (Lipinski definition) is 1. The summed E-state index contributed by atoms with van der Waals surface area (Å²) >= 11 is 0. The van der Waals surface area contributed by atoms with Crippen LogP contribution in [0.4, 0.5) is 0 Å². The Morgan fingerprint density at radius 1 is 0.857 bits per heavy atom. The number of benzene rings is 2. The Labute approximate surface area is 129 Å². The van der Waals surface area contributed by atoms with Gasteiger partial charge in [0.25, 0.3) is 0 Å². The predicted molar refractivity (Wildman–Crippen MR) is 92.0 cm³/mol. The topological polar surface area (TPSA) is 12.0 Å². The molecule has 1 N–H and O–H groups in total. The summed E-state index contributed by atoms with van der Waals surface area (Å²) in [6.07, 6.45) is 1.15. The third-order valence-electron chi connectivity index (χ3n) is 3.92. The molecular formula is C20H27N. The molecule has 0 aliphatic carbocycles. The van der Waals surface area contributed by atoms with E-state index in [9.17, 15) is 0 Å². The summed E-state index contributed by atoms with van der Waals surface area (Å²) in [5.41, 5.74) is 8.11. The van der Waals surface area contributed by atoms with Crippen LogP contribution in [0.2, 0.25) is 0 Å². The standard InChI is InChI=1S/C20H27N/c1-6-9-21-20(18-11-15(3)10-16(4)12-18)19-13-14(2)7-8-17(19)5/h7-8,10-13,20-21H,6,9H2,1-5H3. The molecule has 0 spiro atoms. The van der Waals surface area contributed by atoms with Gasteiger partial charge in [-0.25, -0.2) is 0 Å². The third kappa shape index (κ3) is 3.95. The second-order valence-electron chi connectivity index (χ2n) is 6.17. The molecule has 1 nitrogen and oxygen atoms in total. The summed E-state index contributed by atoms with van der Waals surface area (Å²) < 4.78 is 0. The van der Waals surface area contributed by atoms with Crippen LogP contribution in [0.15, 0.2) is 36.4 Å². The average Bonchev–Trinajstić information content (AvgIpc) is 2.42. The van der Waals surface area contributed by atoms with Crippen molar-refractivity contribution in [2.24, 2.45) is 0 Å². The Bertz CT molecular complexity index is 593. The molecule has 1 heteroatoms. The molecule has 1 atom stereocenters. The zero-order valence-electron chi connectivity index (χ0n) is 14.0. The molecule has 0 saturated carbocycles. The molecule has 0 heterocycles. The van der Waals surface area contributed by atoms with Crippen LogP contribution in [-0.4, -0.2) is 6.54 Å². The van der Waals surface area contributed by atoms with Gasteiger partial charge in [0.2, 0.25) is 0 Å². The maximum absolute atomic E-state index is 3.72. The normalized spacial score (nSPS) is 12.4. The summed E-state index contributed by atoms with van der Waals surface area (Å²) in [6, 6.07) is 13.9. The Morgan fingerprint density at radius 3 is 2.14 bits per heavy atom. The molecule has 0 bridgehead atoms. The van der Waals surface area contributed by atoms with Crippen LogP contribution in [-0.2, 0) is 0 Å². The lowest BCUT2D eigenvalue weighted by Crippen LogP contribution is -2.24. The molecule has 0 fully saturated rings. The highest BCUT2D eigenvalue weighted by Gasteiger charge is 2.16. The zero-order valence-corrected chi connectivity index (χ0v) is 14.0. The summed E-state index contributed by atoms with van der Waals surface area (Å²) in [7, 11) is 0. The fourth-order valence-electron chi connectivity index (χ4n) is 2.94. The maximum Gasteiger partial charge on any atom is 0.0579 e. The van der Waals surface area contributed by atoms with E-state index < -0.39 is 0 Å². The lowest BCUT2D eigenvalue weighted by Gasteiger charge is -2.23. The van der Waals surface area contributed by atoms with E-state index in [1.807, 2.05) is 0 Å². The smallest absolute Gasteiger partial charge is 0.0579 e. The third-order valence-corrected chi connectivity index (χ3v) is 3.92. The van der Waals surface area contributed by atoms with Crippen LogP contribution < -0.4 is 5.32 Å². The first-order chi connectivity index (χ1) is 10.0. The van der Waals surface area contributed by atoms with Crippen LogP contribution in [0.3, 0.4) is 0 Å². The minimum Gasteiger partial charge on any atom is -0.306 e. The van der Waals surface area contributed by atoms with E-state index in [0.717, 1.165) is 13.0 Å². The van der Waals surface area contributed by atoms with Gasteiger partial charge in [-0.3, -0.25) is 0 Å². The van der Waals surface area contributed by atoms with Crippen LogP contribution in [0.25, 0.3) is 0 Å². The second-order valence-corrected chi connectivity index (χ2v) is 6.17. The lowest BCUT2D eigenvalue weighted by molar-refractivity contribution is 0.595. The van der Waals surface area contributed by atoms with E-state index in [4.69, 9.17) is 0 Å². The summed E-state index contributed by atoms with van der Waals surface area (Å²) in [6.45, 7) is 12.0. The fraction of sp³-hybridized carbons (Fsp3) is 0.400. The van der Waals surface area contributed by atoms with Crippen LogP contribution in [0.5, 0.6) is 0 Å². The van der Waals surface area contributed by atoms with Crippen molar-refractivity contribution in [2.45, 2.75) is 47.1 Å². The van der Waals surface area contributed by atoms with E-state index in [1.54, 1.807) is 0 Å². The van der Waals surface area contributed by atoms with Crippen molar-refractivity contribution in [3.8, 4) is 0 Å². The van der Waals surface area contributed by atoms with E-state index in [-0.39, 0.29) is 6.04 Å². The quantitative estimate of drug-likeness (QED) is 0.812. The molecule has 0 aliphatic rings. The number of hydrogen-bond donors (Lipinski definition) is 1. The molecule has 112 valence electrons. The monoisotopic (exact) mass is 281 g/mol. The Morgan fingerprint density at radius 2 is 1.52 bits per heavy atom. The molecule has 2 rings (SSSR count). The van der Waals surface area contributed by atoms with Crippen molar-refractivity contribution < 1.29 is 0 Å². The highest BCUT2D eigenvalue weighted by Crippen LogP contribution is 2.27. The fourth-order valence-corrected chi connectivity index (χ4v) is 2.94. The van der Waals surface area contributed by atoms with Crippen LogP contribution in [0, 0.1) is 27.7 Å². The first kappa shape index (κ1) is 15.8. The van der Waals surface area contributed by atoms with E-state index in [2.05, 4.69) is 76.3 Å². The van der Waals surface area contributed by atoms with Crippen molar-refractivity contribution in [2.75, 3.05) is 6.54 Å². The van der Waals surface area contributed by atoms with Gasteiger partial charge in [-0.2, -0.15) is 0 Å². The molecule has 0 aromatic heterocycles. The SMILES string of the molecule is CCCNC(c1cc(C)cc(C)c1)c1cc(C)ccc1C. The minimum atomic E-state index is 0.281. The Balaban J connectivity index is 2.49. The summed E-state index contributed by atoms with van der Waals surface area (Å²) in [5, 5.41) is 3.72. The molecule has 0 aliphatic heterocycles. The molecule has 21 heavy (non-hydrogen) atoms. The van der Waals surface area contributed by atoms with Gasteiger partial charge >= 0.3 is 0 Å². The second kappa shape index (κ2) is 6.91. The molecule has 2 aromatic carbocycles. The predicted octanol–water partition coefficient (Wildman–Crippen LogP) is 5.01. The van der Waals surface area contributed by atoms with Gasteiger partial charge in [0.05, 0.1) is 6.04 Å². The van der Waals surface area contributed by atoms with Gasteiger partial charge in [-0.15, -0.1) is 0 Å². The molecule has 0 amide bonds. The van der Waals surface area contributed by atoms with Crippen LogP contribution >= 0.6 is 0 Å². The maximum atomic E-state index is 3.72. The zero-order chi connectivity index (χ0) is 15.4. The molecule has 1 unspecified atom stereocenters. The summed E-state index contributed by atoms with van der Waals surface area (Å²) in [4.78, 5) is 0. The number of aryl methyl sites for hydroxylation is 4. The molecule has 2 aromatic rings. The van der Waals surface area contributed by atoms with Gasteiger partial charge in [-0.05, 0) is 57.4 Å². The Kier molecular flexibility index (Phi) is 5.19. The minimum absolute atomic E-state index is 0.281. The van der Waals surface area contributed by atoms with Gasteiger partial charge in [0, 0.05) is 0 Å². The first-order valence-electron chi connectivity index (χ1n) is 7.90. The van der Waals surface area contributed by atoms with Crippen molar-refractivity contribution in [3.05, 3.63) is 69.8 Å². The number of rotatable bonds is 5. The lowest BCUT2D eigenvalue weighted by atomic mass is 9.91. The van der Waals surface area contributed by atoms with Crippen molar-refractivity contribution in [1.82, 2.24) is 5.32 Å². The van der Waals surface area contributed by atoms with Crippen molar-refractivity contribution in [1.29, 1.82) is 0 Å². The largest absolute Gasteiger partial charge is 0.306 e.